The highest BCUT2D eigenvalue weighted by atomic mass is 15.0. The molecule has 4 nitrogen and oxygen atoms in total. The van der Waals surface area contributed by atoms with Gasteiger partial charge in [-0.2, -0.15) is 5.26 Å². The Hall–Kier alpha value is -5.66. The number of hydrogen-bond donors (Lipinski definition) is 0. The van der Waals surface area contributed by atoms with Crippen LogP contribution in [0.4, 0.5) is 0 Å². The van der Waals surface area contributed by atoms with E-state index in [-0.39, 0.29) is 5.92 Å². The predicted molar refractivity (Wildman–Crippen MR) is 183 cm³/mol. The van der Waals surface area contributed by atoms with Crippen LogP contribution in [0.3, 0.4) is 0 Å². The van der Waals surface area contributed by atoms with E-state index < -0.39 is 0 Å². The van der Waals surface area contributed by atoms with Gasteiger partial charge in [0.05, 0.1) is 5.39 Å². The predicted octanol–water partition coefficient (Wildman–Crippen LogP) is 9.52. The number of nitriles is 1. The number of fused-ring (bicyclic) bond motifs is 15. The van der Waals surface area contributed by atoms with Gasteiger partial charge in [-0.25, -0.2) is 15.0 Å². The number of aromatic nitrogens is 3. The van der Waals surface area contributed by atoms with Gasteiger partial charge in [-0.1, -0.05) is 84.9 Å². The van der Waals surface area contributed by atoms with E-state index in [0.29, 0.717) is 28.5 Å². The number of rotatable bonds is 1. The number of benzene rings is 5. The van der Waals surface area contributed by atoms with Gasteiger partial charge in [0.1, 0.15) is 11.9 Å². The zero-order valence-electron chi connectivity index (χ0n) is 25.2. The van der Waals surface area contributed by atoms with Crippen LogP contribution >= 0.6 is 0 Å². The van der Waals surface area contributed by atoms with Crippen LogP contribution in [0, 0.1) is 11.3 Å². The SMILES string of the molecule is N#Cc1nc(C2CCc3ccc4ccccc4c3-c3cc4c5c(c32)-c2ccccc2[C@H](CC5)c2ccccc2-4)nc2ncccc12. The van der Waals surface area contributed by atoms with Crippen molar-refractivity contribution in [1.29, 1.82) is 5.26 Å². The molecule has 5 aromatic carbocycles. The van der Waals surface area contributed by atoms with Crippen molar-refractivity contribution >= 4 is 21.8 Å². The van der Waals surface area contributed by atoms with Gasteiger partial charge in [0.2, 0.25) is 0 Å². The molecular weight excluding hydrogens is 560 g/mol. The lowest BCUT2D eigenvalue weighted by Crippen LogP contribution is -2.13. The van der Waals surface area contributed by atoms with Crippen LogP contribution in [-0.2, 0) is 12.8 Å². The molecule has 0 spiro atoms. The summed E-state index contributed by atoms with van der Waals surface area (Å²) in [5, 5.41) is 13.4. The summed E-state index contributed by atoms with van der Waals surface area (Å²) in [4.78, 5) is 14.7. The Morgan fingerprint density at radius 3 is 2.28 bits per heavy atom. The molecule has 3 aliphatic carbocycles. The molecule has 7 aromatic rings. The molecule has 10 rings (SSSR count). The Kier molecular flexibility index (Phi) is 5.39. The topological polar surface area (TPSA) is 62.5 Å². The van der Waals surface area contributed by atoms with E-state index in [9.17, 15) is 5.26 Å². The van der Waals surface area contributed by atoms with Crippen molar-refractivity contribution in [3.63, 3.8) is 0 Å². The fraction of sp³-hybridized carbons (Fsp3) is 0.143. The zero-order chi connectivity index (χ0) is 30.4. The molecule has 0 saturated carbocycles. The molecule has 2 bridgehead atoms. The maximum absolute atomic E-state index is 10.2. The summed E-state index contributed by atoms with van der Waals surface area (Å²) in [7, 11) is 0. The number of pyridine rings is 1. The molecule has 2 aromatic heterocycles. The highest BCUT2D eigenvalue weighted by molar-refractivity contribution is 6.03. The lowest BCUT2D eigenvalue weighted by Gasteiger charge is -2.29. The van der Waals surface area contributed by atoms with Crippen molar-refractivity contribution in [2.24, 2.45) is 0 Å². The van der Waals surface area contributed by atoms with E-state index in [0.717, 1.165) is 25.7 Å². The van der Waals surface area contributed by atoms with Crippen molar-refractivity contribution in [3.05, 3.63) is 149 Å². The van der Waals surface area contributed by atoms with Crippen LogP contribution in [0.1, 0.15) is 64.0 Å². The van der Waals surface area contributed by atoms with E-state index in [1.54, 1.807) is 6.20 Å². The Morgan fingerprint density at radius 2 is 1.39 bits per heavy atom. The minimum Gasteiger partial charge on any atom is -0.236 e. The normalized spacial score (nSPS) is 17.2. The molecule has 0 fully saturated rings. The molecule has 216 valence electrons. The molecule has 3 aliphatic rings. The maximum Gasteiger partial charge on any atom is 0.164 e. The van der Waals surface area contributed by atoms with Crippen molar-refractivity contribution in [2.75, 3.05) is 0 Å². The molecule has 4 heteroatoms. The van der Waals surface area contributed by atoms with Gasteiger partial charge in [-0.3, -0.25) is 0 Å². The van der Waals surface area contributed by atoms with Gasteiger partial charge in [0.25, 0.3) is 0 Å². The van der Waals surface area contributed by atoms with Gasteiger partial charge < -0.3 is 0 Å². The van der Waals surface area contributed by atoms with Crippen molar-refractivity contribution < 1.29 is 0 Å². The molecule has 1 unspecified atom stereocenters. The summed E-state index contributed by atoms with van der Waals surface area (Å²) in [6.07, 6.45) is 5.56. The number of aryl methyl sites for hydroxylation is 1. The molecule has 0 radical (unpaired) electrons. The lowest BCUT2D eigenvalue weighted by molar-refractivity contribution is 0.682. The average Bonchev–Trinajstić information content (AvgIpc) is 3.47. The second-order valence-electron chi connectivity index (χ2n) is 12.8. The smallest absolute Gasteiger partial charge is 0.164 e. The second kappa shape index (κ2) is 9.67. The maximum atomic E-state index is 10.2. The van der Waals surface area contributed by atoms with Gasteiger partial charge in [0.15, 0.2) is 11.3 Å². The first-order valence-corrected chi connectivity index (χ1v) is 16.2. The van der Waals surface area contributed by atoms with Crippen LogP contribution < -0.4 is 0 Å². The fourth-order valence-corrected chi connectivity index (χ4v) is 8.73. The van der Waals surface area contributed by atoms with Crippen molar-refractivity contribution in [1.82, 2.24) is 15.0 Å². The van der Waals surface area contributed by atoms with E-state index in [1.165, 1.54) is 72.0 Å². The third-order valence-electron chi connectivity index (χ3n) is 10.6. The summed E-state index contributed by atoms with van der Waals surface area (Å²) >= 11 is 0. The Labute approximate surface area is 267 Å². The summed E-state index contributed by atoms with van der Waals surface area (Å²) in [6, 6.07) is 40.1. The molecule has 0 aliphatic heterocycles. The quantitative estimate of drug-likeness (QED) is 0.192. The Morgan fingerprint density at radius 1 is 0.630 bits per heavy atom. The van der Waals surface area contributed by atoms with Crippen LogP contribution in [0.15, 0.2) is 109 Å². The standard InChI is InChI=1S/C42H28N4/c43-23-37-33-14-7-21-44-41(33)46-42(45-37)34-18-17-25-16-15-24-8-1-2-9-26(24)38(25)36-22-35-29-12-4-3-10-27(29)30-19-20-32(35)39(40(34)36)31-13-6-5-11-28(30)31/h1-16,21-22,30,34H,17-20H2/t30-,34?/m1/s1. The molecule has 2 atom stereocenters. The third kappa shape index (κ3) is 3.51. The molecule has 0 saturated heterocycles. The Bertz CT molecular complexity index is 2470. The molecule has 46 heavy (non-hydrogen) atoms. The van der Waals surface area contributed by atoms with Crippen LogP contribution in [-0.4, -0.2) is 15.0 Å². The van der Waals surface area contributed by atoms with Gasteiger partial charge in [-0.15, -0.1) is 0 Å². The van der Waals surface area contributed by atoms with Crippen LogP contribution in [0.2, 0.25) is 0 Å². The highest BCUT2D eigenvalue weighted by Crippen LogP contribution is 2.56. The van der Waals surface area contributed by atoms with E-state index in [2.05, 4.69) is 102 Å². The van der Waals surface area contributed by atoms with Gasteiger partial charge >= 0.3 is 0 Å². The first-order chi connectivity index (χ1) is 22.8. The molecular formula is C42H28N4. The first kappa shape index (κ1) is 25.6. The largest absolute Gasteiger partial charge is 0.236 e. The number of hydrogen-bond acceptors (Lipinski definition) is 4. The minimum atomic E-state index is -0.109. The Balaban J connectivity index is 1.40. The third-order valence-corrected chi connectivity index (χ3v) is 10.6. The summed E-state index contributed by atoms with van der Waals surface area (Å²) in [5.41, 5.74) is 15.8. The van der Waals surface area contributed by atoms with Gasteiger partial charge in [-0.05, 0) is 116 Å². The van der Waals surface area contributed by atoms with Gasteiger partial charge in [0, 0.05) is 18.0 Å². The average molecular weight is 589 g/mol. The highest BCUT2D eigenvalue weighted by Gasteiger charge is 2.38. The van der Waals surface area contributed by atoms with Crippen LogP contribution in [0.25, 0.3) is 55.2 Å². The monoisotopic (exact) mass is 588 g/mol. The van der Waals surface area contributed by atoms with Crippen LogP contribution in [0.5, 0.6) is 0 Å². The number of nitrogens with zero attached hydrogens (tertiary/aromatic N) is 4. The van der Waals surface area contributed by atoms with Crippen molar-refractivity contribution in [3.8, 4) is 39.4 Å². The molecule has 2 heterocycles. The van der Waals surface area contributed by atoms with E-state index in [1.807, 2.05) is 12.1 Å². The van der Waals surface area contributed by atoms with E-state index >= 15 is 0 Å². The zero-order valence-corrected chi connectivity index (χ0v) is 25.2. The first-order valence-electron chi connectivity index (χ1n) is 16.2. The molecule has 0 N–H and O–H groups in total. The minimum absolute atomic E-state index is 0.109. The second-order valence-corrected chi connectivity index (χ2v) is 12.8. The summed E-state index contributed by atoms with van der Waals surface area (Å²) < 4.78 is 0. The van der Waals surface area contributed by atoms with Crippen molar-refractivity contribution in [2.45, 2.75) is 37.5 Å². The molecule has 0 amide bonds. The fourth-order valence-electron chi connectivity index (χ4n) is 8.73. The van der Waals surface area contributed by atoms with E-state index in [4.69, 9.17) is 9.97 Å². The summed E-state index contributed by atoms with van der Waals surface area (Å²) in [6.45, 7) is 0. The lowest BCUT2D eigenvalue weighted by atomic mass is 9.74. The summed E-state index contributed by atoms with van der Waals surface area (Å²) in [5.74, 6) is 0.908.